The molecule has 0 bridgehead atoms. The van der Waals surface area contributed by atoms with E-state index in [9.17, 15) is 13.2 Å². The highest BCUT2D eigenvalue weighted by molar-refractivity contribution is 7.91. The molecule has 10 nitrogen and oxygen atoms in total. The van der Waals surface area contributed by atoms with E-state index < -0.39 is 39.2 Å². The van der Waals surface area contributed by atoms with Gasteiger partial charge in [0.25, 0.3) is 0 Å². The number of cyclic esters (lactones) is 1. The molecule has 3 aliphatic rings. The molecule has 4 heterocycles. The third-order valence-corrected chi connectivity index (χ3v) is 8.78. The maximum atomic E-state index is 15.0. The summed E-state index contributed by atoms with van der Waals surface area (Å²) in [7, 11) is -3.07. The van der Waals surface area contributed by atoms with Crippen molar-refractivity contribution in [3.8, 4) is 11.1 Å². The molecule has 0 spiro atoms. The zero-order valence-electron chi connectivity index (χ0n) is 18.2. The Morgan fingerprint density at radius 2 is 1.89 bits per heavy atom. The van der Waals surface area contributed by atoms with Crippen molar-refractivity contribution in [2.75, 3.05) is 23.0 Å². The first-order chi connectivity index (χ1) is 16.7. The minimum Gasteiger partial charge on any atom is -0.442 e. The average Bonchev–Trinajstić information content (AvgIpc) is 3.30. The van der Waals surface area contributed by atoms with Crippen molar-refractivity contribution >= 4 is 21.6 Å². The van der Waals surface area contributed by atoms with Gasteiger partial charge in [-0.05, 0) is 18.2 Å². The van der Waals surface area contributed by atoms with Gasteiger partial charge in [0.15, 0.2) is 9.84 Å². The number of nitrogens with zero attached hydrogens (tertiary/aromatic N) is 5. The molecule has 1 saturated carbocycles. The van der Waals surface area contributed by atoms with Crippen LogP contribution in [0.15, 0.2) is 42.9 Å². The second-order valence-electron chi connectivity index (χ2n) is 9.18. The fourth-order valence-corrected chi connectivity index (χ4v) is 7.47. The first-order valence-corrected chi connectivity index (χ1v) is 12.8. The third kappa shape index (κ3) is 3.57. The van der Waals surface area contributed by atoms with Crippen LogP contribution in [0.3, 0.4) is 0 Å². The molecule has 1 unspecified atom stereocenters. The SMILES string of the molecule is NC1(c2ccc(-c3c(F)cc(N4C[C@H](Cn5ccnn5)OC4=O)cc3F)cn2)[C@@H]2CS(=O)(=O)C[C@@H]21. The number of benzene rings is 1. The first kappa shape index (κ1) is 22.0. The van der Waals surface area contributed by atoms with Gasteiger partial charge in [-0.1, -0.05) is 11.3 Å². The summed E-state index contributed by atoms with van der Waals surface area (Å²) in [5, 5.41) is 7.51. The standard InChI is InChI=1S/C22H20F2N6O4S/c23-17-5-13(30-9-14(34-21(30)31)8-29-4-3-27-28-29)6-18(24)20(17)12-1-2-19(26-7-12)22(25)15-10-35(32,33)11-16(15)22/h1-7,14-16H,8-11,25H2/t14-,15-,16+,22?/m0/s1. The van der Waals surface area contributed by atoms with Crippen LogP contribution in [0.2, 0.25) is 0 Å². The Hall–Kier alpha value is -3.45. The van der Waals surface area contributed by atoms with E-state index in [0.717, 1.165) is 17.0 Å². The normalized spacial score (nSPS) is 28.7. The maximum Gasteiger partial charge on any atom is 0.414 e. The van der Waals surface area contributed by atoms with E-state index in [0.29, 0.717) is 5.69 Å². The molecular formula is C22H20F2N6O4S. The Morgan fingerprint density at radius 3 is 2.49 bits per heavy atom. The van der Waals surface area contributed by atoms with Gasteiger partial charge in [0.2, 0.25) is 0 Å². The van der Waals surface area contributed by atoms with Crippen molar-refractivity contribution < 1.29 is 26.7 Å². The third-order valence-electron chi connectivity index (χ3n) is 7.04. The number of ether oxygens (including phenoxy) is 1. The Balaban J connectivity index is 1.21. The molecule has 2 saturated heterocycles. The number of nitrogens with two attached hydrogens (primary N) is 1. The molecule has 2 aliphatic heterocycles. The quantitative estimate of drug-likeness (QED) is 0.555. The van der Waals surface area contributed by atoms with Gasteiger partial charge in [-0.2, -0.15) is 0 Å². The molecule has 0 radical (unpaired) electrons. The number of pyridine rings is 1. The van der Waals surface area contributed by atoms with E-state index in [1.165, 1.54) is 23.1 Å². The van der Waals surface area contributed by atoms with Crippen LogP contribution in [0.25, 0.3) is 11.1 Å². The molecule has 4 atom stereocenters. The predicted octanol–water partition coefficient (Wildman–Crippen LogP) is 1.47. The molecule has 6 rings (SSSR count). The fraction of sp³-hybridized carbons (Fsp3) is 0.364. The van der Waals surface area contributed by atoms with Crippen molar-refractivity contribution in [2.24, 2.45) is 17.6 Å². The largest absolute Gasteiger partial charge is 0.442 e. The molecule has 3 fully saturated rings. The molecule has 2 N–H and O–H groups in total. The summed E-state index contributed by atoms with van der Waals surface area (Å²) in [6.45, 7) is 0.364. The zero-order chi connectivity index (χ0) is 24.5. The maximum absolute atomic E-state index is 15.0. The fourth-order valence-electron chi connectivity index (χ4n) is 5.22. The van der Waals surface area contributed by atoms with Crippen LogP contribution in [0, 0.1) is 23.5 Å². The number of sulfone groups is 1. The number of carbonyl (C=O) groups is 1. The summed E-state index contributed by atoms with van der Waals surface area (Å²) in [5.74, 6) is -2.04. The minimum absolute atomic E-state index is 0.0287. The van der Waals surface area contributed by atoms with Crippen molar-refractivity contribution in [1.29, 1.82) is 0 Å². The number of halogens is 2. The molecule has 2 aromatic heterocycles. The van der Waals surface area contributed by atoms with Crippen LogP contribution in [0.4, 0.5) is 19.3 Å². The zero-order valence-corrected chi connectivity index (χ0v) is 19.0. The second kappa shape index (κ2) is 7.52. The van der Waals surface area contributed by atoms with Crippen molar-refractivity contribution in [2.45, 2.75) is 18.2 Å². The molecule has 3 aromatic rings. The number of anilines is 1. The van der Waals surface area contributed by atoms with Gasteiger partial charge in [0.1, 0.15) is 17.7 Å². The lowest BCUT2D eigenvalue weighted by Gasteiger charge is -2.17. The molecule has 1 amide bonds. The molecule has 182 valence electrons. The summed E-state index contributed by atoms with van der Waals surface area (Å²) in [4.78, 5) is 17.8. The number of hydrogen-bond acceptors (Lipinski definition) is 8. The summed E-state index contributed by atoms with van der Waals surface area (Å²) in [6.07, 6.45) is 3.18. The Labute approximate surface area is 198 Å². The van der Waals surface area contributed by atoms with Crippen molar-refractivity contribution in [3.05, 3.63) is 60.2 Å². The van der Waals surface area contributed by atoms with Crippen LogP contribution in [0.1, 0.15) is 5.69 Å². The Morgan fingerprint density at radius 1 is 1.17 bits per heavy atom. The van der Waals surface area contributed by atoms with Crippen LogP contribution < -0.4 is 10.6 Å². The molecule has 13 heteroatoms. The number of fused-ring (bicyclic) bond motifs is 1. The number of carbonyl (C=O) groups excluding carboxylic acids is 1. The van der Waals surface area contributed by atoms with E-state index in [4.69, 9.17) is 10.5 Å². The van der Waals surface area contributed by atoms with Crippen LogP contribution in [0.5, 0.6) is 0 Å². The highest BCUT2D eigenvalue weighted by Crippen LogP contribution is 2.60. The van der Waals surface area contributed by atoms with Crippen LogP contribution in [-0.2, 0) is 26.7 Å². The van der Waals surface area contributed by atoms with E-state index in [1.807, 2.05) is 0 Å². The second-order valence-corrected chi connectivity index (χ2v) is 11.3. The topological polar surface area (TPSA) is 133 Å². The first-order valence-electron chi connectivity index (χ1n) is 10.9. The predicted molar refractivity (Wildman–Crippen MR) is 119 cm³/mol. The number of rotatable bonds is 5. The van der Waals surface area contributed by atoms with Gasteiger partial charge < -0.3 is 10.5 Å². The molecule has 35 heavy (non-hydrogen) atoms. The van der Waals surface area contributed by atoms with Gasteiger partial charge in [-0.15, -0.1) is 5.10 Å². The van der Waals surface area contributed by atoms with E-state index in [-0.39, 0.29) is 53.2 Å². The summed E-state index contributed by atoms with van der Waals surface area (Å²) >= 11 is 0. The van der Waals surface area contributed by atoms with E-state index in [1.54, 1.807) is 12.3 Å². The lowest BCUT2D eigenvalue weighted by atomic mass is 10.0. The smallest absolute Gasteiger partial charge is 0.414 e. The van der Waals surface area contributed by atoms with Crippen LogP contribution >= 0.6 is 0 Å². The lowest BCUT2D eigenvalue weighted by molar-refractivity contribution is 0.129. The Kier molecular flexibility index (Phi) is 4.74. The van der Waals surface area contributed by atoms with Gasteiger partial charge >= 0.3 is 6.09 Å². The molecule has 1 aromatic carbocycles. The van der Waals surface area contributed by atoms with Gasteiger partial charge in [0.05, 0.1) is 53.3 Å². The Bertz CT molecular complexity index is 1390. The van der Waals surface area contributed by atoms with Crippen molar-refractivity contribution in [1.82, 2.24) is 20.0 Å². The van der Waals surface area contributed by atoms with Gasteiger partial charge in [-0.3, -0.25) is 9.88 Å². The lowest BCUT2D eigenvalue weighted by Crippen LogP contribution is -2.31. The number of hydrogen-bond donors (Lipinski definition) is 1. The highest BCUT2D eigenvalue weighted by atomic mass is 32.2. The molecule has 1 aliphatic carbocycles. The van der Waals surface area contributed by atoms with Gasteiger partial charge in [-0.25, -0.2) is 26.7 Å². The minimum atomic E-state index is -3.07. The number of aromatic nitrogens is 4. The monoisotopic (exact) mass is 502 g/mol. The summed E-state index contributed by atoms with van der Waals surface area (Å²) < 4.78 is 60.3. The van der Waals surface area contributed by atoms with Crippen molar-refractivity contribution in [3.63, 3.8) is 0 Å². The number of amides is 1. The van der Waals surface area contributed by atoms with E-state index in [2.05, 4.69) is 15.3 Å². The highest BCUT2D eigenvalue weighted by Gasteiger charge is 2.69. The van der Waals surface area contributed by atoms with Gasteiger partial charge in [0, 0.05) is 29.8 Å². The van der Waals surface area contributed by atoms with Crippen LogP contribution in [-0.4, -0.2) is 58.6 Å². The summed E-state index contributed by atoms with van der Waals surface area (Å²) in [5.41, 5.74) is 6.03. The molecular weight excluding hydrogens is 482 g/mol. The average molecular weight is 503 g/mol. The van der Waals surface area contributed by atoms with E-state index >= 15 is 8.78 Å². The summed E-state index contributed by atoms with van der Waals surface area (Å²) in [6, 6.07) is 5.25.